The summed E-state index contributed by atoms with van der Waals surface area (Å²) in [6, 6.07) is 5.64. The highest BCUT2D eigenvalue weighted by Gasteiger charge is 2.65. The molecule has 0 amide bonds. The number of halogens is 3. The molecule has 1 aliphatic rings. The van der Waals surface area contributed by atoms with E-state index in [1.807, 2.05) is 0 Å². The average molecular weight is 323 g/mol. The van der Waals surface area contributed by atoms with Gasteiger partial charge in [0, 0.05) is 6.61 Å². The summed E-state index contributed by atoms with van der Waals surface area (Å²) in [5, 5.41) is 8.71. The maximum atomic E-state index is 12.8. The van der Waals surface area contributed by atoms with E-state index in [9.17, 15) is 21.6 Å². The molecule has 0 heterocycles. The molecule has 118 valence electrons. The van der Waals surface area contributed by atoms with Crippen LogP contribution in [0.3, 0.4) is 0 Å². The van der Waals surface area contributed by atoms with Crippen molar-refractivity contribution >= 4 is 10.0 Å². The van der Waals surface area contributed by atoms with Crippen molar-refractivity contribution in [2.45, 2.75) is 42.3 Å². The van der Waals surface area contributed by atoms with Crippen LogP contribution in [0.4, 0.5) is 13.2 Å². The largest absolute Gasteiger partial charge is 0.407 e. The molecule has 21 heavy (non-hydrogen) atoms. The molecule has 2 rings (SSSR count). The summed E-state index contributed by atoms with van der Waals surface area (Å²) >= 11 is 0. The smallest absolute Gasteiger partial charge is 0.396 e. The molecule has 0 aliphatic heterocycles. The highest BCUT2D eigenvalue weighted by molar-refractivity contribution is 7.89. The first kappa shape index (κ1) is 16.3. The van der Waals surface area contributed by atoms with Gasteiger partial charge in [0.05, 0.1) is 4.90 Å². The second-order valence-electron chi connectivity index (χ2n) is 5.16. The first-order chi connectivity index (χ1) is 9.70. The van der Waals surface area contributed by atoms with Crippen molar-refractivity contribution in [2.75, 3.05) is 6.61 Å². The number of benzene rings is 1. The average Bonchev–Trinajstić information content (AvgIpc) is 3.16. The third-order valence-corrected chi connectivity index (χ3v) is 5.03. The molecule has 0 unspecified atom stereocenters. The van der Waals surface area contributed by atoms with Crippen LogP contribution in [0.5, 0.6) is 0 Å². The molecule has 1 saturated carbocycles. The van der Waals surface area contributed by atoms with Crippen LogP contribution in [0, 0.1) is 0 Å². The summed E-state index contributed by atoms with van der Waals surface area (Å²) in [6.45, 7) is 0.0235. The van der Waals surface area contributed by atoms with E-state index in [1.54, 1.807) is 4.72 Å². The molecular formula is C13H16F3NO3S. The maximum Gasteiger partial charge on any atom is 0.407 e. The molecule has 1 aliphatic carbocycles. The van der Waals surface area contributed by atoms with Crippen LogP contribution in [0.15, 0.2) is 29.2 Å². The Bertz CT molecular complexity index is 592. The van der Waals surface area contributed by atoms with Crippen molar-refractivity contribution < 1.29 is 26.7 Å². The predicted molar refractivity (Wildman–Crippen MR) is 70.2 cm³/mol. The fourth-order valence-corrected chi connectivity index (χ4v) is 3.45. The van der Waals surface area contributed by atoms with Crippen molar-refractivity contribution in [2.24, 2.45) is 0 Å². The summed E-state index contributed by atoms with van der Waals surface area (Å²) in [5.74, 6) is 0. The van der Waals surface area contributed by atoms with Gasteiger partial charge in [-0.25, -0.2) is 8.42 Å². The van der Waals surface area contributed by atoms with Gasteiger partial charge in [0.25, 0.3) is 0 Å². The Labute approximate surface area is 121 Å². The molecule has 8 heteroatoms. The van der Waals surface area contributed by atoms with Crippen LogP contribution < -0.4 is 4.72 Å². The molecule has 0 radical (unpaired) electrons. The summed E-state index contributed by atoms with van der Waals surface area (Å²) in [6.07, 6.45) is -3.92. The van der Waals surface area contributed by atoms with Crippen LogP contribution in [0.25, 0.3) is 0 Å². The number of aliphatic hydroxyl groups excluding tert-OH is 1. The lowest BCUT2D eigenvalue weighted by Gasteiger charge is -2.20. The van der Waals surface area contributed by atoms with Crippen LogP contribution in [0.2, 0.25) is 0 Å². The van der Waals surface area contributed by atoms with Crippen LogP contribution in [-0.4, -0.2) is 31.8 Å². The fourth-order valence-electron chi connectivity index (χ4n) is 2.00. The zero-order valence-electron chi connectivity index (χ0n) is 11.2. The lowest BCUT2D eigenvalue weighted by atomic mass is 10.1. The van der Waals surface area contributed by atoms with Gasteiger partial charge in [-0.3, -0.25) is 0 Å². The van der Waals surface area contributed by atoms with Gasteiger partial charge in [-0.15, -0.1) is 0 Å². The van der Waals surface area contributed by atoms with Gasteiger partial charge in [0.2, 0.25) is 10.0 Å². The van der Waals surface area contributed by atoms with Gasteiger partial charge in [0.15, 0.2) is 0 Å². The van der Waals surface area contributed by atoms with Gasteiger partial charge in [-0.1, -0.05) is 12.1 Å². The fraction of sp³-hybridized carbons (Fsp3) is 0.538. The number of aliphatic hydroxyl groups is 1. The zero-order chi connectivity index (χ0) is 15.7. The van der Waals surface area contributed by atoms with Crippen molar-refractivity contribution in [3.05, 3.63) is 29.8 Å². The van der Waals surface area contributed by atoms with Gasteiger partial charge in [0.1, 0.15) is 5.54 Å². The Morgan fingerprint density at radius 2 is 1.76 bits per heavy atom. The molecule has 0 bridgehead atoms. The second-order valence-corrected chi connectivity index (χ2v) is 6.84. The van der Waals surface area contributed by atoms with Crippen LogP contribution in [-0.2, 0) is 16.4 Å². The lowest BCUT2D eigenvalue weighted by molar-refractivity contribution is -0.160. The highest BCUT2D eigenvalue weighted by atomic mass is 32.2. The molecule has 0 spiro atoms. The van der Waals surface area contributed by atoms with Gasteiger partial charge in [-0.05, 0) is 43.4 Å². The molecule has 1 aromatic carbocycles. The van der Waals surface area contributed by atoms with Crippen molar-refractivity contribution in [3.63, 3.8) is 0 Å². The molecule has 0 aromatic heterocycles. The Morgan fingerprint density at radius 3 is 2.19 bits per heavy atom. The highest BCUT2D eigenvalue weighted by Crippen LogP contribution is 2.49. The Morgan fingerprint density at radius 1 is 1.19 bits per heavy atom. The normalized spacial score (nSPS) is 17.7. The standard InChI is InChI=1S/C13H16F3NO3S/c14-13(15,16)12(7-8-12)17-21(19,20)11-5-3-10(4-6-11)2-1-9-18/h3-6,17-18H,1-2,7-9H2. The van der Waals surface area contributed by atoms with E-state index in [0.717, 1.165) is 5.56 Å². The summed E-state index contributed by atoms with van der Waals surface area (Å²) in [4.78, 5) is -0.189. The van der Waals surface area contributed by atoms with Gasteiger partial charge in [-0.2, -0.15) is 17.9 Å². The first-order valence-corrected chi connectivity index (χ1v) is 7.99. The van der Waals surface area contributed by atoms with E-state index in [0.29, 0.717) is 12.8 Å². The van der Waals surface area contributed by atoms with Crippen molar-refractivity contribution in [3.8, 4) is 0 Å². The minimum absolute atomic E-state index is 0.0235. The Kier molecular flexibility index (Phi) is 4.32. The summed E-state index contributed by atoms with van der Waals surface area (Å²) in [7, 11) is -4.20. The van der Waals surface area contributed by atoms with E-state index >= 15 is 0 Å². The number of alkyl halides is 3. The molecular weight excluding hydrogens is 307 g/mol. The molecule has 0 saturated heterocycles. The number of nitrogens with one attached hydrogen (secondary N) is 1. The Balaban J connectivity index is 2.13. The van der Waals surface area contributed by atoms with E-state index < -0.39 is 21.7 Å². The Hall–Kier alpha value is -1.12. The van der Waals surface area contributed by atoms with Crippen LogP contribution >= 0.6 is 0 Å². The topological polar surface area (TPSA) is 66.4 Å². The van der Waals surface area contributed by atoms with Crippen LogP contribution in [0.1, 0.15) is 24.8 Å². The number of sulfonamides is 1. The van der Waals surface area contributed by atoms with Crippen molar-refractivity contribution in [1.82, 2.24) is 4.72 Å². The van der Waals surface area contributed by atoms with E-state index in [2.05, 4.69) is 0 Å². The molecule has 0 atom stereocenters. The SMILES string of the molecule is O=S(=O)(NC1(C(F)(F)F)CC1)c1ccc(CCCO)cc1. The van der Waals surface area contributed by atoms with Gasteiger partial charge < -0.3 is 5.11 Å². The predicted octanol–water partition coefficient (Wildman–Crippen LogP) is 1.98. The molecule has 1 fully saturated rings. The number of hydrogen-bond donors (Lipinski definition) is 2. The van der Waals surface area contributed by atoms with Crippen molar-refractivity contribution in [1.29, 1.82) is 0 Å². The minimum atomic E-state index is -4.58. The van der Waals surface area contributed by atoms with E-state index in [4.69, 9.17) is 5.11 Å². The summed E-state index contributed by atoms with van der Waals surface area (Å²) < 4.78 is 64.2. The second kappa shape index (κ2) is 5.58. The first-order valence-electron chi connectivity index (χ1n) is 6.51. The molecule has 4 nitrogen and oxygen atoms in total. The zero-order valence-corrected chi connectivity index (χ0v) is 12.0. The monoisotopic (exact) mass is 323 g/mol. The van der Waals surface area contributed by atoms with E-state index in [-0.39, 0.29) is 24.3 Å². The minimum Gasteiger partial charge on any atom is -0.396 e. The van der Waals surface area contributed by atoms with E-state index in [1.165, 1.54) is 24.3 Å². The number of hydrogen-bond acceptors (Lipinski definition) is 3. The maximum absolute atomic E-state index is 12.8. The quantitative estimate of drug-likeness (QED) is 0.841. The van der Waals surface area contributed by atoms with Gasteiger partial charge >= 0.3 is 6.18 Å². The number of rotatable bonds is 6. The third-order valence-electron chi connectivity index (χ3n) is 3.48. The molecule has 2 N–H and O–H groups in total. The lowest BCUT2D eigenvalue weighted by Crippen LogP contribution is -2.47. The summed E-state index contributed by atoms with van der Waals surface area (Å²) in [5.41, 5.74) is -1.48. The third kappa shape index (κ3) is 3.56. The number of aryl methyl sites for hydroxylation is 1. The molecule has 1 aromatic rings.